The molecule has 1 aromatic carbocycles. The van der Waals surface area contributed by atoms with Crippen molar-refractivity contribution in [2.45, 2.75) is 6.18 Å². The van der Waals surface area contributed by atoms with Crippen molar-refractivity contribution in [3.63, 3.8) is 0 Å². The normalized spacial score (nSPS) is 11.8. The van der Waals surface area contributed by atoms with E-state index in [1.165, 1.54) is 12.1 Å². The molecule has 0 aliphatic carbocycles. The van der Waals surface area contributed by atoms with Crippen LogP contribution in [0.15, 0.2) is 28.8 Å². The third-order valence-corrected chi connectivity index (χ3v) is 2.88. The maximum Gasteiger partial charge on any atom is 0.416 e. The number of hydrogen-bond donors (Lipinski definition) is 0. The second kappa shape index (κ2) is 4.17. The lowest BCUT2D eigenvalue weighted by Crippen LogP contribution is -2.36. The molecule has 2 rings (SSSR count). The van der Waals surface area contributed by atoms with Crippen LogP contribution < -0.4 is 9.79 Å². The fraction of sp³-hybridized carbons (Fsp3) is 0.111. The molecule has 0 aliphatic heterocycles. The highest BCUT2D eigenvalue weighted by Gasteiger charge is 2.32. The Hall–Kier alpha value is -1.32. The van der Waals surface area contributed by atoms with Gasteiger partial charge in [0.25, 0.3) is 3.70 Å². The summed E-state index contributed by atoms with van der Waals surface area (Å²) in [7, 11) is 0. The van der Waals surface area contributed by atoms with Gasteiger partial charge in [0.15, 0.2) is 5.95 Å². The van der Waals surface area contributed by atoms with E-state index in [1.54, 1.807) is 22.6 Å². The number of benzene rings is 1. The van der Waals surface area contributed by atoms with Crippen LogP contribution in [0.25, 0.3) is 5.69 Å². The first-order chi connectivity index (χ1) is 7.89. The van der Waals surface area contributed by atoms with Gasteiger partial charge in [0, 0.05) is 34.7 Å². The summed E-state index contributed by atoms with van der Waals surface area (Å²) in [4.78, 5) is 0. The van der Waals surface area contributed by atoms with Crippen LogP contribution in [0.5, 0.6) is 5.95 Å². The molecular weight excluding hydrogens is 352 g/mol. The van der Waals surface area contributed by atoms with Crippen molar-refractivity contribution in [2.75, 3.05) is 0 Å². The monoisotopic (exact) mass is 356 g/mol. The van der Waals surface area contributed by atoms with Gasteiger partial charge in [-0.3, -0.25) is 0 Å². The number of rotatable bonds is 1. The Bertz CT molecular complexity index is 553. The molecule has 0 spiro atoms. The Balaban J connectivity index is 2.51. The van der Waals surface area contributed by atoms with Crippen LogP contribution in [0.1, 0.15) is 5.56 Å². The summed E-state index contributed by atoms with van der Waals surface area (Å²) >= 11 is 1.65. The van der Waals surface area contributed by atoms with Crippen molar-refractivity contribution in [3.05, 3.63) is 33.5 Å². The van der Waals surface area contributed by atoms with Crippen LogP contribution in [0.4, 0.5) is 13.2 Å². The molecule has 0 bridgehead atoms. The Morgan fingerprint density at radius 3 is 2.59 bits per heavy atom. The molecular formula is C9H4F3IN2O2. The largest absolute Gasteiger partial charge is 0.538 e. The van der Waals surface area contributed by atoms with E-state index < -0.39 is 17.7 Å². The third-order valence-electron chi connectivity index (χ3n) is 1.98. The standard InChI is InChI=1S/C9H4F3IN2O2/c10-9(11,12)5-2-1-3-6(4-5)15-7(13)8(16)17-14-15/h1-4H. The number of aromatic nitrogens is 2. The van der Waals surface area contributed by atoms with Gasteiger partial charge >= 0.3 is 6.18 Å². The van der Waals surface area contributed by atoms with Crippen LogP contribution in [-0.4, -0.2) is 5.27 Å². The van der Waals surface area contributed by atoms with Crippen LogP contribution in [0, 0.1) is 3.70 Å². The van der Waals surface area contributed by atoms with Gasteiger partial charge in [-0.15, -0.1) is 0 Å². The summed E-state index contributed by atoms with van der Waals surface area (Å²) in [5.74, 6) is -0.692. The summed E-state index contributed by atoms with van der Waals surface area (Å²) < 4.78 is 42.9. The summed E-state index contributed by atoms with van der Waals surface area (Å²) in [6.07, 6.45) is -4.44. The number of hydrogen-bond acceptors (Lipinski definition) is 3. The zero-order valence-electron chi connectivity index (χ0n) is 8.03. The van der Waals surface area contributed by atoms with Crippen molar-refractivity contribution in [2.24, 2.45) is 0 Å². The smallest absolute Gasteiger partial charge is 0.416 e. The van der Waals surface area contributed by atoms with Crippen molar-refractivity contribution in [3.8, 4) is 11.6 Å². The van der Waals surface area contributed by atoms with Gasteiger partial charge < -0.3 is 9.63 Å². The van der Waals surface area contributed by atoms with Gasteiger partial charge in [-0.2, -0.15) is 13.2 Å². The summed E-state index contributed by atoms with van der Waals surface area (Å²) in [6, 6.07) is 4.47. The molecule has 1 heterocycles. The predicted octanol–water partition coefficient (Wildman–Crippen LogP) is 1.65. The van der Waals surface area contributed by atoms with Gasteiger partial charge in [0.2, 0.25) is 5.69 Å². The Kier molecular flexibility index (Phi) is 2.98. The van der Waals surface area contributed by atoms with E-state index in [-0.39, 0.29) is 9.39 Å². The zero-order chi connectivity index (χ0) is 12.6. The van der Waals surface area contributed by atoms with Crippen molar-refractivity contribution in [1.82, 2.24) is 5.27 Å². The minimum atomic E-state index is -4.44. The molecule has 0 atom stereocenters. The Morgan fingerprint density at radius 2 is 2.06 bits per heavy atom. The molecule has 0 unspecified atom stereocenters. The van der Waals surface area contributed by atoms with Crippen molar-refractivity contribution >= 4 is 22.6 Å². The Morgan fingerprint density at radius 1 is 1.35 bits per heavy atom. The highest BCUT2D eigenvalue weighted by atomic mass is 127. The van der Waals surface area contributed by atoms with Gasteiger partial charge in [-0.25, -0.2) is 0 Å². The first kappa shape index (κ1) is 12.1. The molecule has 2 aromatic rings. The number of alkyl halides is 3. The molecule has 1 aromatic heterocycles. The van der Waals surface area contributed by atoms with Crippen molar-refractivity contribution in [1.29, 1.82) is 0 Å². The molecule has 90 valence electrons. The fourth-order valence-electron chi connectivity index (χ4n) is 1.21. The minimum absolute atomic E-state index is 0.0851. The lowest BCUT2D eigenvalue weighted by atomic mass is 10.2. The van der Waals surface area contributed by atoms with Gasteiger partial charge in [-0.05, 0) is 10.7 Å². The number of halogens is 4. The first-order valence-electron chi connectivity index (χ1n) is 4.32. The van der Waals surface area contributed by atoms with Gasteiger partial charge in [0.1, 0.15) is 0 Å². The van der Waals surface area contributed by atoms with Crippen molar-refractivity contribution < 1.29 is 27.5 Å². The van der Waals surface area contributed by atoms with E-state index in [1.807, 2.05) is 0 Å². The average Bonchev–Trinajstić information content (AvgIpc) is 2.59. The molecule has 8 heteroatoms. The van der Waals surface area contributed by atoms with Gasteiger partial charge in [0.05, 0.1) is 10.8 Å². The highest BCUT2D eigenvalue weighted by molar-refractivity contribution is 14.1. The molecule has 4 nitrogen and oxygen atoms in total. The van der Waals surface area contributed by atoms with Gasteiger partial charge in [-0.1, -0.05) is 6.07 Å². The SMILES string of the molecule is [O-]c1on[n+](-c2cccc(C(F)(F)F)c2)c1I. The molecule has 0 amide bonds. The molecule has 0 radical (unpaired) electrons. The molecule has 0 N–H and O–H groups in total. The predicted molar refractivity (Wildman–Crippen MR) is 55.2 cm³/mol. The van der Waals surface area contributed by atoms with Crippen LogP contribution >= 0.6 is 22.6 Å². The van der Waals surface area contributed by atoms with E-state index in [9.17, 15) is 18.3 Å². The molecule has 0 aliphatic rings. The quantitative estimate of drug-likeness (QED) is 0.577. The van der Waals surface area contributed by atoms with E-state index in [0.29, 0.717) is 0 Å². The van der Waals surface area contributed by atoms with E-state index >= 15 is 0 Å². The van der Waals surface area contributed by atoms with Crippen LogP contribution in [0.3, 0.4) is 0 Å². The summed E-state index contributed by atoms with van der Waals surface area (Å²) in [6.45, 7) is 0. The molecule has 0 saturated heterocycles. The fourth-order valence-corrected chi connectivity index (χ4v) is 1.68. The van der Waals surface area contributed by atoms with E-state index in [2.05, 4.69) is 9.79 Å². The lowest BCUT2D eigenvalue weighted by molar-refractivity contribution is -0.682. The van der Waals surface area contributed by atoms with E-state index in [4.69, 9.17) is 0 Å². The third kappa shape index (κ3) is 2.35. The summed E-state index contributed by atoms with van der Waals surface area (Å²) in [5, 5.41) is 14.4. The lowest BCUT2D eigenvalue weighted by Gasteiger charge is -2.04. The van der Waals surface area contributed by atoms with E-state index in [0.717, 1.165) is 16.8 Å². The highest BCUT2D eigenvalue weighted by Crippen LogP contribution is 2.29. The maximum atomic E-state index is 12.5. The zero-order valence-corrected chi connectivity index (χ0v) is 10.2. The molecule has 0 fully saturated rings. The van der Waals surface area contributed by atoms with Crippen LogP contribution in [0.2, 0.25) is 0 Å². The molecule has 17 heavy (non-hydrogen) atoms. The second-order valence-electron chi connectivity index (χ2n) is 3.11. The minimum Gasteiger partial charge on any atom is -0.538 e. The Labute approximate surface area is 107 Å². The maximum absolute atomic E-state index is 12.5. The molecule has 0 saturated carbocycles. The summed E-state index contributed by atoms with van der Waals surface area (Å²) in [5.41, 5.74) is -0.691. The average molecular weight is 356 g/mol. The second-order valence-corrected chi connectivity index (χ2v) is 4.13. The topological polar surface area (TPSA) is 53.0 Å². The van der Waals surface area contributed by atoms with Crippen LogP contribution in [-0.2, 0) is 6.18 Å². The number of nitrogens with zero attached hydrogens (tertiary/aromatic N) is 2. The first-order valence-corrected chi connectivity index (χ1v) is 5.39.